The van der Waals surface area contributed by atoms with Crippen LogP contribution in [0.3, 0.4) is 0 Å². The highest BCUT2D eigenvalue weighted by molar-refractivity contribution is 5.98. The predicted molar refractivity (Wildman–Crippen MR) is 123 cm³/mol. The summed E-state index contributed by atoms with van der Waals surface area (Å²) in [7, 11) is 0. The molecule has 0 aliphatic carbocycles. The molecule has 2 fully saturated rings. The van der Waals surface area contributed by atoms with E-state index in [0.29, 0.717) is 30.4 Å². The molecule has 2 saturated heterocycles. The first-order valence-corrected chi connectivity index (χ1v) is 11.9. The third-order valence-electron chi connectivity index (χ3n) is 6.80. The van der Waals surface area contributed by atoms with Crippen molar-refractivity contribution in [2.24, 2.45) is 11.8 Å². The zero-order valence-corrected chi connectivity index (χ0v) is 19.5. The van der Waals surface area contributed by atoms with Crippen LogP contribution in [-0.4, -0.2) is 66.9 Å². The van der Waals surface area contributed by atoms with Crippen molar-refractivity contribution < 1.29 is 19.1 Å². The lowest BCUT2D eigenvalue weighted by atomic mass is 9.91. The summed E-state index contributed by atoms with van der Waals surface area (Å²) in [6.45, 7) is 9.12. The highest BCUT2D eigenvalue weighted by Crippen LogP contribution is 2.19. The van der Waals surface area contributed by atoms with Crippen LogP contribution in [0.4, 0.5) is 0 Å². The molecule has 1 aromatic rings. The number of nitrogens with zero attached hydrogens (tertiary/aromatic N) is 1. The third-order valence-corrected chi connectivity index (χ3v) is 6.80. The van der Waals surface area contributed by atoms with Gasteiger partial charge in [0.1, 0.15) is 18.7 Å². The number of hydrogen-bond acceptors (Lipinski definition) is 5. The largest absolute Gasteiger partial charge is 0.366 e. The van der Waals surface area contributed by atoms with Crippen molar-refractivity contribution in [1.82, 2.24) is 15.5 Å². The molecule has 2 N–H and O–H groups in total. The molecule has 0 aromatic heterocycles. The fourth-order valence-corrected chi connectivity index (χ4v) is 4.25. The number of carbonyl (C=O) groups excluding carboxylic acids is 3. The SMILES string of the molecule is CC(C)C(C)CCC(NC(=O)c1ccccc1)C(=O)NC1C(=O)CO[C@H]1CN1CCCC1. The zero-order valence-electron chi connectivity index (χ0n) is 19.5. The maximum Gasteiger partial charge on any atom is 0.251 e. The number of benzene rings is 1. The fourth-order valence-electron chi connectivity index (χ4n) is 4.25. The van der Waals surface area contributed by atoms with Gasteiger partial charge in [0.05, 0.1) is 6.10 Å². The number of likely N-dealkylation sites (tertiary alicyclic amines) is 1. The van der Waals surface area contributed by atoms with Crippen LogP contribution in [0.25, 0.3) is 0 Å². The Kier molecular flexibility index (Phi) is 8.82. The van der Waals surface area contributed by atoms with Gasteiger partial charge in [0.25, 0.3) is 5.91 Å². The molecule has 2 heterocycles. The van der Waals surface area contributed by atoms with Crippen molar-refractivity contribution in [2.45, 2.75) is 64.6 Å². The van der Waals surface area contributed by atoms with Crippen molar-refractivity contribution in [3.63, 3.8) is 0 Å². The lowest BCUT2D eigenvalue weighted by Gasteiger charge is -2.26. The molecular formula is C25H37N3O4. The second kappa shape index (κ2) is 11.6. The van der Waals surface area contributed by atoms with E-state index in [1.807, 2.05) is 6.07 Å². The van der Waals surface area contributed by atoms with Crippen LogP contribution in [0.15, 0.2) is 30.3 Å². The summed E-state index contributed by atoms with van der Waals surface area (Å²) < 4.78 is 5.71. The Balaban J connectivity index is 1.66. The van der Waals surface area contributed by atoms with Gasteiger partial charge in [0.2, 0.25) is 5.91 Å². The van der Waals surface area contributed by atoms with E-state index in [0.717, 1.165) is 32.4 Å². The van der Waals surface area contributed by atoms with E-state index in [9.17, 15) is 14.4 Å². The summed E-state index contributed by atoms with van der Waals surface area (Å²) in [6, 6.07) is 7.51. The second-order valence-corrected chi connectivity index (χ2v) is 9.50. The highest BCUT2D eigenvalue weighted by atomic mass is 16.5. The van der Waals surface area contributed by atoms with Gasteiger partial charge in [-0.3, -0.25) is 14.4 Å². The molecule has 7 nitrogen and oxygen atoms in total. The Labute approximate surface area is 191 Å². The summed E-state index contributed by atoms with van der Waals surface area (Å²) >= 11 is 0. The van der Waals surface area contributed by atoms with Crippen LogP contribution in [0.1, 0.15) is 56.8 Å². The van der Waals surface area contributed by atoms with Gasteiger partial charge in [0.15, 0.2) is 5.78 Å². The molecule has 2 amide bonds. The second-order valence-electron chi connectivity index (χ2n) is 9.50. The Morgan fingerprint density at radius 2 is 1.78 bits per heavy atom. The van der Waals surface area contributed by atoms with Gasteiger partial charge >= 0.3 is 0 Å². The van der Waals surface area contributed by atoms with Gasteiger partial charge in [-0.05, 0) is 62.7 Å². The van der Waals surface area contributed by atoms with Crippen LogP contribution in [0.5, 0.6) is 0 Å². The van der Waals surface area contributed by atoms with Crippen molar-refractivity contribution in [1.29, 1.82) is 0 Å². The minimum atomic E-state index is -0.704. The molecule has 176 valence electrons. The lowest BCUT2D eigenvalue weighted by Crippen LogP contribution is -2.54. The zero-order chi connectivity index (χ0) is 23.1. The predicted octanol–water partition coefficient (Wildman–Crippen LogP) is 2.41. The first-order chi connectivity index (χ1) is 15.3. The minimum Gasteiger partial charge on any atom is -0.366 e. The molecule has 1 aromatic carbocycles. The number of rotatable bonds is 10. The van der Waals surface area contributed by atoms with E-state index >= 15 is 0 Å². The summed E-state index contributed by atoms with van der Waals surface area (Å²) in [6.07, 6.45) is 3.28. The van der Waals surface area contributed by atoms with Crippen LogP contribution >= 0.6 is 0 Å². The number of ketones is 1. The molecule has 2 aliphatic heterocycles. The Bertz CT molecular complexity index is 777. The van der Waals surface area contributed by atoms with Crippen molar-refractivity contribution in [3.05, 3.63) is 35.9 Å². The van der Waals surface area contributed by atoms with Crippen LogP contribution in [0, 0.1) is 11.8 Å². The smallest absolute Gasteiger partial charge is 0.251 e. The van der Waals surface area contributed by atoms with Crippen LogP contribution in [0.2, 0.25) is 0 Å². The van der Waals surface area contributed by atoms with Crippen LogP contribution in [-0.2, 0) is 14.3 Å². The summed E-state index contributed by atoms with van der Waals surface area (Å²) in [5, 5.41) is 5.80. The standard InChI is InChI=1S/C25H37N3O4/c1-17(2)18(3)11-12-20(26-24(30)19-9-5-4-6-10-19)25(31)27-23-21(29)16-32-22(23)15-28-13-7-8-14-28/h4-6,9-10,17-18,20,22-23H,7-8,11-16H2,1-3H3,(H,26,30)(H,27,31)/t18?,20?,22-,23?/m0/s1. The maximum absolute atomic E-state index is 13.2. The van der Waals surface area contributed by atoms with Crippen molar-refractivity contribution >= 4 is 17.6 Å². The Morgan fingerprint density at radius 1 is 1.09 bits per heavy atom. The van der Waals surface area contributed by atoms with Crippen LogP contribution < -0.4 is 10.6 Å². The first-order valence-electron chi connectivity index (χ1n) is 11.9. The van der Waals surface area contributed by atoms with E-state index < -0.39 is 12.1 Å². The average Bonchev–Trinajstić information content (AvgIpc) is 3.42. The number of amides is 2. The van der Waals surface area contributed by atoms with E-state index in [1.54, 1.807) is 24.3 Å². The summed E-state index contributed by atoms with van der Waals surface area (Å²) in [4.78, 5) is 40.7. The molecule has 0 saturated carbocycles. The van der Waals surface area contributed by atoms with Crippen molar-refractivity contribution in [3.8, 4) is 0 Å². The van der Waals surface area contributed by atoms with E-state index in [2.05, 4.69) is 36.3 Å². The number of ether oxygens (including phenoxy) is 1. The van der Waals surface area contributed by atoms with E-state index in [4.69, 9.17) is 4.74 Å². The van der Waals surface area contributed by atoms with Crippen molar-refractivity contribution in [2.75, 3.05) is 26.2 Å². The van der Waals surface area contributed by atoms with Gasteiger partial charge in [-0.25, -0.2) is 0 Å². The third kappa shape index (κ3) is 6.62. The van der Waals surface area contributed by atoms with Gasteiger partial charge in [-0.2, -0.15) is 0 Å². The number of nitrogens with one attached hydrogen (secondary N) is 2. The molecule has 2 aliphatic rings. The van der Waals surface area contributed by atoms with Gasteiger partial charge in [-0.1, -0.05) is 39.0 Å². The molecule has 7 heteroatoms. The Morgan fingerprint density at radius 3 is 2.44 bits per heavy atom. The Hall–Kier alpha value is -2.25. The van der Waals surface area contributed by atoms with Gasteiger partial charge < -0.3 is 20.3 Å². The summed E-state index contributed by atoms with van der Waals surface area (Å²) in [5.74, 6) is 0.189. The highest BCUT2D eigenvalue weighted by Gasteiger charge is 2.39. The normalized spacial score (nSPS) is 23.3. The first kappa shape index (κ1) is 24.4. The molecule has 32 heavy (non-hydrogen) atoms. The molecule has 3 unspecified atom stereocenters. The maximum atomic E-state index is 13.2. The lowest BCUT2D eigenvalue weighted by molar-refractivity contribution is -0.127. The molecule has 0 bridgehead atoms. The molecule has 3 rings (SSSR count). The molecule has 0 radical (unpaired) electrons. The summed E-state index contributed by atoms with van der Waals surface area (Å²) in [5.41, 5.74) is 0.509. The van der Waals surface area contributed by atoms with E-state index in [1.165, 1.54) is 0 Å². The average molecular weight is 444 g/mol. The van der Waals surface area contributed by atoms with E-state index in [-0.39, 0.29) is 30.3 Å². The topological polar surface area (TPSA) is 87.7 Å². The monoisotopic (exact) mass is 443 g/mol. The van der Waals surface area contributed by atoms with Gasteiger partial charge in [0, 0.05) is 12.1 Å². The number of Topliss-reactive ketones (excluding diaryl/α,β-unsaturated/α-hetero) is 1. The van der Waals surface area contributed by atoms with Gasteiger partial charge in [-0.15, -0.1) is 0 Å². The minimum absolute atomic E-state index is 0.0227. The fraction of sp³-hybridized carbons (Fsp3) is 0.640. The number of hydrogen-bond donors (Lipinski definition) is 2. The molecule has 4 atom stereocenters. The molecular weight excluding hydrogens is 406 g/mol. The quantitative estimate of drug-likeness (QED) is 0.580. The number of carbonyl (C=O) groups is 3. The molecule has 0 spiro atoms.